The summed E-state index contributed by atoms with van der Waals surface area (Å²) in [4.78, 5) is 23.3. The van der Waals surface area contributed by atoms with Crippen LogP contribution in [-0.4, -0.2) is 29.3 Å². The Morgan fingerprint density at radius 1 is 1.18 bits per heavy atom. The van der Waals surface area contributed by atoms with Gasteiger partial charge in [-0.1, -0.05) is 24.3 Å². The summed E-state index contributed by atoms with van der Waals surface area (Å²) < 4.78 is 5.09. The van der Waals surface area contributed by atoms with Gasteiger partial charge in [-0.3, -0.25) is 9.59 Å². The van der Waals surface area contributed by atoms with E-state index in [9.17, 15) is 19.8 Å². The number of carboxylic acids is 2. The quantitative estimate of drug-likeness (QED) is 0.817. The van der Waals surface area contributed by atoms with Gasteiger partial charge in [0.25, 0.3) is 0 Å². The van der Waals surface area contributed by atoms with Crippen LogP contribution in [0.25, 0.3) is 0 Å². The normalized spacial score (nSPS) is 27.4. The first-order valence-corrected chi connectivity index (χ1v) is 7.09. The number of methoxy groups -OCH3 is 1. The fraction of sp³-hybridized carbons (Fsp3) is 0.412. The molecule has 0 spiro atoms. The Morgan fingerprint density at radius 3 is 2.32 bits per heavy atom. The third-order valence-corrected chi connectivity index (χ3v) is 4.33. The molecule has 22 heavy (non-hydrogen) atoms. The fourth-order valence-corrected chi connectivity index (χ4v) is 2.99. The summed E-state index contributed by atoms with van der Waals surface area (Å²) in [5.41, 5.74) is -1.41. The Labute approximate surface area is 129 Å². The minimum Gasteiger partial charge on any atom is -0.497 e. The van der Waals surface area contributed by atoms with Gasteiger partial charge in [0.1, 0.15) is 5.75 Å². The van der Waals surface area contributed by atoms with E-state index in [0.29, 0.717) is 12.2 Å². The Balaban J connectivity index is 2.32. The standard InChI is InChI=1S/C17H20O5/c1-16(14(18)19)8-3-9-17(11-16,15(20)21)10-12-4-6-13(22-2)7-5-12/h3-7,9H,8,10-11H2,1-2H3,(H,18,19)(H,20,21). The molecule has 1 aromatic rings. The van der Waals surface area contributed by atoms with Crippen LogP contribution in [0.4, 0.5) is 0 Å². The number of hydrogen-bond donors (Lipinski definition) is 2. The predicted molar refractivity (Wildman–Crippen MR) is 80.9 cm³/mol. The summed E-state index contributed by atoms with van der Waals surface area (Å²) in [5, 5.41) is 19.1. The van der Waals surface area contributed by atoms with Crippen LogP contribution in [0.15, 0.2) is 36.4 Å². The summed E-state index contributed by atoms with van der Waals surface area (Å²) in [5.74, 6) is -1.26. The van der Waals surface area contributed by atoms with Crippen molar-refractivity contribution in [1.29, 1.82) is 0 Å². The predicted octanol–water partition coefficient (Wildman–Crippen LogP) is 2.75. The maximum atomic E-state index is 11.8. The molecular weight excluding hydrogens is 284 g/mol. The molecule has 0 bridgehead atoms. The first kappa shape index (κ1) is 16.1. The molecule has 5 heteroatoms. The highest BCUT2D eigenvalue weighted by molar-refractivity contribution is 5.81. The van der Waals surface area contributed by atoms with Crippen LogP contribution in [0.3, 0.4) is 0 Å². The second-order valence-corrected chi connectivity index (χ2v) is 6.14. The second kappa shape index (κ2) is 5.83. The second-order valence-electron chi connectivity index (χ2n) is 6.14. The van der Waals surface area contributed by atoms with Crippen molar-refractivity contribution in [2.75, 3.05) is 7.11 Å². The lowest BCUT2D eigenvalue weighted by atomic mass is 9.64. The number of hydrogen-bond acceptors (Lipinski definition) is 3. The van der Waals surface area contributed by atoms with Crippen molar-refractivity contribution in [3.8, 4) is 5.75 Å². The van der Waals surface area contributed by atoms with Crippen molar-refractivity contribution < 1.29 is 24.5 Å². The monoisotopic (exact) mass is 304 g/mol. The molecule has 0 fully saturated rings. The van der Waals surface area contributed by atoms with Gasteiger partial charge in [0.15, 0.2) is 0 Å². The van der Waals surface area contributed by atoms with E-state index in [-0.39, 0.29) is 12.8 Å². The summed E-state index contributed by atoms with van der Waals surface area (Å²) in [6.07, 6.45) is 4.00. The van der Waals surface area contributed by atoms with Crippen LogP contribution in [0.2, 0.25) is 0 Å². The lowest BCUT2D eigenvalue weighted by Crippen LogP contribution is -2.42. The highest BCUT2D eigenvalue weighted by Gasteiger charge is 2.48. The smallest absolute Gasteiger partial charge is 0.313 e. The van der Waals surface area contributed by atoms with Gasteiger partial charge in [-0.25, -0.2) is 0 Å². The largest absolute Gasteiger partial charge is 0.497 e. The molecule has 0 saturated heterocycles. The average Bonchev–Trinajstić information content (AvgIpc) is 2.48. The molecule has 0 aromatic heterocycles. The van der Waals surface area contributed by atoms with E-state index in [1.165, 1.54) is 0 Å². The molecule has 0 saturated carbocycles. The average molecular weight is 304 g/mol. The zero-order valence-corrected chi connectivity index (χ0v) is 12.7. The lowest BCUT2D eigenvalue weighted by Gasteiger charge is -2.38. The zero-order chi connectivity index (χ0) is 16.4. The zero-order valence-electron chi connectivity index (χ0n) is 12.7. The topological polar surface area (TPSA) is 83.8 Å². The van der Waals surface area contributed by atoms with E-state index in [2.05, 4.69) is 0 Å². The number of ether oxygens (including phenoxy) is 1. The van der Waals surface area contributed by atoms with Crippen molar-refractivity contribution in [1.82, 2.24) is 0 Å². The van der Waals surface area contributed by atoms with Crippen LogP contribution >= 0.6 is 0 Å². The molecular formula is C17H20O5. The van der Waals surface area contributed by atoms with E-state index < -0.39 is 22.8 Å². The van der Waals surface area contributed by atoms with Crippen LogP contribution < -0.4 is 4.74 Å². The molecule has 5 nitrogen and oxygen atoms in total. The Bertz CT molecular complexity index is 604. The van der Waals surface area contributed by atoms with Crippen molar-refractivity contribution >= 4 is 11.9 Å². The molecule has 0 aliphatic heterocycles. The van der Waals surface area contributed by atoms with Crippen LogP contribution in [0.5, 0.6) is 5.75 Å². The Kier molecular flexibility index (Phi) is 4.26. The van der Waals surface area contributed by atoms with Crippen molar-refractivity contribution in [2.24, 2.45) is 10.8 Å². The lowest BCUT2D eigenvalue weighted by molar-refractivity contribution is -0.155. The molecule has 2 N–H and O–H groups in total. The highest BCUT2D eigenvalue weighted by Crippen LogP contribution is 2.45. The molecule has 0 heterocycles. The van der Waals surface area contributed by atoms with Crippen molar-refractivity contribution in [2.45, 2.75) is 26.2 Å². The number of carbonyl (C=O) groups is 2. The van der Waals surface area contributed by atoms with Gasteiger partial charge in [-0.2, -0.15) is 0 Å². The molecule has 1 aliphatic rings. The summed E-state index contributed by atoms with van der Waals surface area (Å²) >= 11 is 0. The summed E-state index contributed by atoms with van der Waals surface area (Å²) in [7, 11) is 1.57. The summed E-state index contributed by atoms with van der Waals surface area (Å²) in [6.45, 7) is 1.60. The van der Waals surface area contributed by atoms with Gasteiger partial charge in [-0.15, -0.1) is 0 Å². The molecule has 118 valence electrons. The minimum absolute atomic E-state index is 0.0766. The molecule has 0 amide bonds. The minimum atomic E-state index is -1.19. The molecule has 2 unspecified atom stereocenters. The van der Waals surface area contributed by atoms with Crippen LogP contribution in [0, 0.1) is 10.8 Å². The SMILES string of the molecule is COc1ccc(CC2(C(=O)O)C=CCC(C)(C(=O)O)C2)cc1. The Morgan fingerprint density at radius 2 is 1.82 bits per heavy atom. The van der Waals surface area contributed by atoms with Gasteiger partial charge in [0, 0.05) is 0 Å². The summed E-state index contributed by atoms with van der Waals surface area (Å²) in [6, 6.07) is 7.16. The number of rotatable bonds is 5. The number of aliphatic carboxylic acids is 2. The van der Waals surface area contributed by atoms with Crippen LogP contribution in [-0.2, 0) is 16.0 Å². The maximum Gasteiger partial charge on any atom is 0.313 e. The molecule has 1 aromatic carbocycles. The first-order chi connectivity index (χ1) is 10.3. The van der Waals surface area contributed by atoms with Gasteiger partial charge in [-0.05, 0) is 43.9 Å². The molecule has 0 radical (unpaired) electrons. The van der Waals surface area contributed by atoms with Gasteiger partial charge >= 0.3 is 11.9 Å². The molecule has 2 rings (SSSR count). The third-order valence-electron chi connectivity index (χ3n) is 4.33. The first-order valence-electron chi connectivity index (χ1n) is 7.09. The molecule has 1 aliphatic carbocycles. The Hall–Kier alpha value is -2.30. The van der Waals surface area contributed by atoms with Crippen molar-refractivity contribution in [3.63, 3.8) is 0 Å². The van der Waals surface area contributed by atoms with E-state index in [1.54, 1.807) is 38.3 Å². The highest BCUT2D eigenvalue weighted by atomic mass is 16.5. The number of benzene rings is 1. The fourth-order valence-electron chi connectivity index (χ4n) is 2.99. The number of allylic oxidation sites excluding steroid dienone is 1. The number of carboxylic acid groups (broad SMARTS) is 2. The maximum absolute atomic E-state index is 11.8. The van der Waals surface area contributed by atoms with E-state index in [1.807, 2.05) is 12.1 Å². The van der Waals surface area contributed by atoms with E-state index in [4.69, 9.17) is 4.74 Å². The van der Waals surface area contributed by atoms with Crippen LogP contribution in [0.1, 0.15) is 25.3 Å². The van der Waals surface area contributed by atoms with E-state index in [0.717, 1.165) is 5.56 Å². The van der Waals surface area contributed by atoms with Gasteiger partial charge in [0.2, 0.25) is 0 Å². The van der Waals surface area contributed by atoms with Gasteiger partial charge in [0.05, 0.1) is 17.9 Å². The third kappa shape index (κ3) is 2.98. The van der Waals surface area contributed by atoms with Crippen molar-refractivity contribution in [3.05, 3.63) is 42.0 Å². The van der Waals surface area contributed by atoms with E-state index >= 15 is 0 Å². The van der Waals surface area contributed by atoms with Gasteiger partial charge < -0.3 is 14.9 Å². The molecule has 2 atom stereocenters.